The Bertz CT molecular complexity index is 1110. The number of nitrogens with zero attached hydrogens (tertiary/aromatic N) is 1. The van der Waals surface area contributed by atoms with Gasteiger partial charge in [0, 0.05) is 22.1 Å². The minimum atomic E-state index is 0.695. The molecule has 0 aliphatic rings. The molecule has 0 unspecified atom stereocenters. The van der Waals surface area contributed by atoms with Gasteiger partial charge in [0.1, 0.15) is 0 Å². The van der Waals surface area contributed by atoms with Gasteiger partial charge in [-0.3, -0.25) is 4.98 Å². The van der Waals surface area contributed by atoms with E-state index in [0.29, 0.717) is 5.75 Å². The number of fused-ring (bicyclic) bond motifs is 2. The summed E-state index contributed by atoms with van der Waals surface area (Å²) in [5, 5.41) is 3.55. The first-order valence-electron chi connectivity index (χ1n) is 8.36. The van der Waals surface area contributed by atoms with E-state index >= 15 is 0 Å². The van der Waals surface area contributed by atoms with Gasteiger partial charge in [-0.2, -0.15) is 0 Å². The first-order valence-corrected chi connectivity index (χ1v) is 9.15. The minimum Gasteiger partial charge on any atom is -0.493 e. The Labute approximate surface area is 160 Å². The summed E-state index contributed by atoms with van der Waals surface area (Å²) >= 11 is 3.53. The number of ether oxygens (including phenoxy) is 2. The molecule has 0 atom stereocenters. The molecule has 0 spiro atoms. The van der Waals surface area contributed by atoms with Crippen molar-refractivity contribution in [2.45, 2.75) is 6.42 Å². The molecule has 4 aromatic rings. The quantitative estimate of drug-likeness (QED) is 0.430. The summed E-state index contributed by atoms with van der Waals surface area (Å²) in [5.74, 6) is 1.42. The molecular formula is C22H18BrNO2. The number of hydrogen-bond donors (Lipinski definition) is 0. The molecule has 1 heterocycles. The second kappa shape index (κ2) is 6.96. The highest BCUT2D eigenvalue weighted by Crippen LogP contribution is 2.33. The molecule has 0 N–H and O–H groups in total. The number of aromatic nitrogens is 1. The molecular weight excluding hydrogens is 390 g/mol. The number of halogens is 1. The number of benzene rings is 3. The fourth-order valence-corrected chi connectivity index (χ4v) is 3.66. The summed E-state index contributed by atoms with van der Waals surface area (Å²) in [6.07, 6.45) is 2.68. The van der Waals surface area contributed by atoms with Crippen LogP contribution in [-0.4, -0.2) is 19.2 Å². The normalized spacial score (nSPS) is 11.0. The van der Waals surface area contributed by atoms with Gasteiger partial charge in [-0.1, -0.05) is 40.2 Å². The van der Waals surface area contributed by atoms with Gasteiger partial charge in [0.2, 0.25) is 0 Å². The smallest absolute Gasteiger partial charge is 0.162 e. The molecule has 0 saturated carbocycles. The number of hydrogen-bond acceptors (Lipinski definition) is 3. The van der Waals surface area contributed by atoms with Crippen LogP contribution in [0.3, 0.4) is 0 Å². The number of pyridine rings is 1. The fourth-order valence-electron chi connectivity index (χ4n) is 3.28. The SMILES string of the molecule is COc1cc2nccc(Cc3ccc4cc(Br)ccc4c3)c2cc1OC. The largest absolute Gasteiger partial charge is 0.493 e. The molecule has 0 saturated heterocycles. The van der Waals surface area contributed by atoms with Gasteiger partial charge in [0.15, 0.2) is 11.5 Å². The maximum atomic E-state index is 5.46. The van der Waals surface area contributed by atoms with Crippen LogP contribution in [0, 0.1) is 0 Å². The molecule has 0 aliphatic heterocycles. The molecule has 3 nitrogen and oxygen atoms in total. The minimum absolute atomic E-state index is 0.695. The van der Waals surface area contributed by atoms with E-state index in [4.69, 9.17) is 9.47 Å². The third kappa shape index (κ3) is 3.13. The molecule has 1 aromatic heterocycles. The molecule has 3 aromatic carbocycles. The van der Waals surface area contributed by atoms with E-state index in [1.807, 2.05) is 18.3 Å². The highest BCUT2D eigenvalue weighted by atomic mass is 79.9. The van der Waals surface area contributed by atoms with Gasteiger partial charge in [-0.15, -0.1) is 0 Å². The van der Waals surface area contributed by atoms with Crippen LogP contribution >= 0.6 is 15.9 Å². The number of methoxy groups -OCH3 is 2. The zero-order chi connectivity index (χ0) is 18.1. The van der Waals surface area contributed by atoms with Crippen molar-refractivity contribution >= 4 is 37.6 Å². The molecule has 0 amide bonds. The Morgan fingerprint density at radius 1 is 0.846 bits per heavy atom. The summed E-state index contributed by atoms with van der Waals surface area (Å²) in [4.78, 5) is 4.49. The van der Waals surface area contributed by atoms with Crippen LogP contribution < -0.4 is 9.47 Å². The van der Waals surface area contributed by atoms with E-state index in [2.05, 4.69) is 63.4 Å². The summed E-state index contributed by atoms with van der Waals surface area (Å²) in [5.41, 5.74) is 3.39. The van der Waals surface area contributed by atoms with Crippen molar-refractivity contribution in [2.75, 3.05) is 14.2 Å². The molecule has 0 radical (unpaired) electrons. The van der Waals surface area contributed by atoms with Crippen LogP contribution in [0.25, 0.3) is 21.7 Å². The monoisotopic (exact) mass is 407 g/mol. The first-order chi connectivity index (χ1) is 12.7. The van der Waals surface area contributed by atoms with E-state index in [9.17, 15) is 0 Å². The zero-order valence-corrected chi connectivity index (χ0v) is 16.2. The summed E-state index contributed by atoms with van der Waals surface area (Å²) in [6.45, 7) is 0. The van der Waals surface area contributed by atoms with Gasteiger partial charge in [0.25, 0.3) is 0 Å². The summed E-state index contributed by atoms with van der Waals surface area (Å²) in [7, 11) is 3.29. The van der Waals surface area contributed by atoms with Crippen LogP contribution in [0.15, 0.2) is 65.3 Å². The van der Waals surface area contributed by atoms with Gasteiger partial charge >= 0.3 is 0 Å². The Hall–Kier alpha value is -2.59. The Morgan fingerprint density at radius 2 is 1.58 bits per heavy atom. The Balaban J connectivity index is 1.78. The highest BCUT2D eigenvalue weighted by Gasteiger charge is 2.10. The molecule has 26 heavy (non-hydrogen) atoms. The standard InChI is InChI=1S/C22H18BrNO2/c1-25-21-12-19-17(7-8-24-20(19)13-22(21)26-2)10-14-3-4-16-11-18(23)6-5-15(16)9-14/h3-9,11-13H,10H2,1-2H3. The molecule has 0 bridgehead atoms. The second-order valence-corrected chi connectivity index (χ2v) is 7.11. The van der Waals surface area contributed by atoms with E-state index in [1.165, 1.54) is 21.9 Å². The van der Waals surface area contributed by atoms with Crippen molar-refractivity contribution in [3.8, 4) is 11.5 Å². The number of rotatable bonds is 4. The average Bonchev–Trinajstić information content (AvgIpc) is 2.67. The third-order valence-corrected chi connectivity index (χ3v) is 5.09. The van der Waals surface area contributed by atoms with Crippen LogP contribution in [0.4, 0.5) is 0 Å². The van der Waals surface area contributed by atoms with Gasteiger partial charge in [-0.25, -0.2) is 0 Å². The fraction of sp³-hybridized carbons (Fsp3) is 0.136. The zero-order valence-electron chi connectivity index (χ0n) is 14.6. The lowest BCUT2D eigenvalue weighted by Gasteiger charge is -2.12. The third-order valence-electron chi connectivity index (χ3n) is 4.60. The van der Waals surface area contributed by atoms with E-state index in [-0.39, 0.29) is 0 Å². The van der Waals surface area contributed by atoms with Crippen LogP contribution in [0.2, 0.25) is 0 Å². The molecule has 130 valence electrons. The molecule has 4 heteroatoms. The van der Waals surface area contributed by atoms with Crippen molar-refractivity contribution in [1.29, 1.82) is 0 Å². The van der Waals surface area contributed by atoms with Crippen molar-refractivity contribution in [1.82, 2.24) is 4.98 Å². The van der Waals surface area contributed by atoms with Crippen molar-refractivity contribution in [2.24, 2.45) is 0 Å². The Morgan fingerprint density at radius 3 is 2.38 bits per heavy atom. The van der Waals surface area contributed by atoms with Crippen LogP contribution in [-0.2, 0) is 6.42 Å². The lowest BCUT2D eigenvalue weighted by Crippen LogP contribution is -1.95. The van der Waals surface area contributed by atoms with Gasteiger partial charge < -0.3 is 9.47 Å². The second-order valence-electron chi connectivity index (χ2n) is 6.20. The van der Waals surface area contributed by atoms with Crippen molar-refractivity contribution in [3.63, 3.8) is 0 Å². The van der Waals surface area contributed by atoms with E-state index in [0.717, 1.165) is 27.5 Å². The van der Waals surface area contributed by atoms with Crippen molar-refractivity contribution < 1.29 is 9.47 Å². The molecule has 0 aliphatic carbocycles. The Kier molecular flexibility index (Phi) is 4.51. The van der Waals surface area contributed by atoms with Gasteiger partial charge in [-0.05, 0) is 52.6 Å². The van der Waals surface area contributed by atoms with Crippen molar-refractivity contribution in [3.05, 3.63) is 76.4 Å². The average molecular weight is 408 g/mol. The maximum absolute atomic E-state index is 5.46. The van der Waals surface area contributed by atoms with E-state index in [1.54, 1.807) is 14.2 Å². The maximum Gasteiger partial charge on any atom is 0.162 e. The predicted octanol–water partition coefficient (Wildman–Crippen LogP) is 5.76. The molecule has 4 rings (SSSR count). The lowest BCUT2D eigenvalue weighted by molar-refractivity contribution is 0.356. The van der Waals surface area contributed by atoms with Crippen LogP contribution in [0.5, 0.6) is 11.5 Å². The topological polar surface area (TPSA) is 31.4 Å². The lowest BCUT2D eigenvalue weighted by atomic mass is 9.98. The first kappa shape index (κ1) is 16.9. The van der Waals surface area contributed by atoms with Crippen LogP contribution in [0.1, 0.15) is 11.1 Å². The van der Waals surface area contributed by atoms with Gasteiger partial charge in [0.05, 0.1) is 19.7 Å². The van der Waals surface area contributed by atoms with E-state index < -0.39 is 0 Å². The summed E-state index contributed by atoms with van der Waals surface area (Å²) < 4.78 is 11.9. The highest BCUT2D eigenvalue weighted by molar-refractivity contribution is 9.10. The predicted molar refractivity (Wildman–Crippen MR) is 109 cm³/mol. The molecule has 0 fully saturated rings. The summed E-state index contributed by atoms with van der Waals surface area (Å²) in [6, 6.07) is 19.0.